The summed E-state index contributed by atoms with van der Waals surface area (Å²) in [5.74, 6) is 0. The summed E-state index contributed by atoms with van der Waals surface area (Å²) in [6.45, 7) is 0. The van der Waals surface area contributed by atoms with Crippen LogP contribution < -0.4 is 0 Å². The van der Waals surface area contributed by atoms with Crippen LogP contribution in [0, 0.1) is 0 Å². The van der Waals surface area contributed by atoms with E-state index in [1.165, 1.54) is 0 Å². The second kappa shape index (κ2) is 17.2. The van der Waals surface area contributed by atoms with Gasteiger partial charge in [-0.05, 0) is 0 Å². The molecule has 0 nitrogen and oxygen atoms in total. The number of halogens is 1. The van der Waals surface area contributed by atoms with Crippen molar-refractivity contribution in [1.29, 1.82) is 0 Å². The summed E-state index contributed by atoms with van der Waals surface area (Å²) in [4.78, 5) is 0. The molecule has 0 bridgehead atoms. The van der Waals surface area contributed by atoms with Gasteiger partial charge in [0, 0.05) is 0 Å². The summed E-state index contributed by atoms with van der Waals surface area (Å²) in [7, 11) is 0. The van der Waals surface area contributed by atoms with Crippen molar-refractivity contribution in [2.24, 2.45) is 0 Å². The van der Waals surface area contributed by atoms with Crippen LogP contribution in [0.15, 0.2) is 0 Å². The predicted octanol–water partition coefficient (Wildman–Crippen LogP) is -2.60. The zero-order valence-electron chi connectivity index (χ0n) is 0.408. The number of hydrogen-bond donors (Lipinski definition) is 0. The van der Waals surface area contributed by atoms with Gasteiger partial charge in [0.25, 0.3) is 0 Å². The fraction of sp³-hybridized carbons (Fsp3) is 0. The molecular weight excluding hydrogens is 109 g/mol. The third kappa shape index (κ3) is 8.83. The Labute approximate surface area is 87.5 Å². The van der Waals surface area contributed by atoms with Gasteiger partial charge in [-0.15, -0.1) is 0 Å². The van der Waals surface area contributed by atoms with Crippen LogP contribution in [0.25, 0.3) is 0 Å². The van der Waals surface area contributed by atoms with Crippen molar-refractivity contribution in [3.8, 4) is 0 Å². The van der Waals surface area contributed by atoms with Crippen LogP contribution in [0.1, 0.15) is 0 Å². The third-order valence-corrected chi connectivity index (χ3v) is 0. The van der Waals surface area contributed by atoms with Crippen LogP contribution in [0.4, 0.5) is 4.70 Å². The van der Waals surface area contributed by atoms with Gasteiger partial charge in [0.15, 0.2) is 17.4 Å². The Kier molecular flexibility index (Phi) is 128. The van der Waals surface area contributed by atoms with E-state index in [1.54, 1.807) is 0 Å². The molecule has 4 heteroatoms. The van der Waals surface area contributed by atoms with Crippen LogP contribution in [-0.2, 0) is 0 Å². The molecule has 0 aromatic carbocycles. The molecule has 0 aliphatic rings. The van der Waals surface area contributed by atoms with E-state index in [4.69, 9.17) is 0 Å². The molecule has 0 unspecified atom stereocenters. The van der Waals surface area contributed by atoms with Crippen molar-refractivity contribution in [2.75, 3.05) is 0 Å². The molecule has 0 fully saturated rings. The molecule has 0 aromatic heterocycles. The second-order valence-corrected chi connectivity index (χ2v) is 0. The zero-order chi connectivity index (χ0) is 0. The van der Waals surface area contributed by atoms with Gasteiger partial charge in [-0.2, -0.15) is 0 Å². The maximum atomic E-state index is 0. The Bertz CT molecular complexity index is 8.00. The molecule has 4 heavy (non-hydrogen) atoms. The van der Waals surface area contributed by atoms with E-state index in [0.717, 1.165) is 0 Å². The molecule has 0 spiro atoms. The summed E-state index contributed by atoms with van der Waals surface area (Å²) in [5, 5.41) is 0. The second-order valence-electron chi connectivity index (χ2n) is 0. The minimum atomic E-state index is 0. The Morgan fingerprint density at radius 1 is 1.00 bits per heavy atom. The van der Waals surface area contributed by atoms with Gasteiger partial charge in [-0.1, -0.05) is 0 Å². The van der Waals surface area contributed by atoms with Crippen molar-refractivity contribution >= 4 is 84.7 Å². The monoisotopic (exact) mass is 116 g/mol. The first-order valence-electron chi connectivity index (χ1n) is 0. The molecule has 0 N–H and O–H groups in total. The molecule has 0 saturated heterocycles. The van der Waals surface area contributed by atoms with E-state index in [-0.39, 0.29) is 89.4 Å². The van der Waals surface area contributed by atoms with Crippen LogP contribution >= 0.6 is 0 Å². The molecule has 20 valence electrons. The average molecular weight is 116 g/mol. The number of hydrogen-bond acceptors (Lipinski definition) is 0. The first-order valence-corrected chi connectivity index (χ1v) is 0. The van der Waals surface area contributed by atoms with E-state index in [2.05, 4.69) is 0 Å². The Morgan fingerprint density at radius 3 is 1.00 bits per heavy atom. The van der Waals surface area contributed by atoms with Gasteiger partial charge >= 0.3 is 67.3 Å². The van der Waals surface area contributed by atoms with E-state index in [1.807, 2.05) is 0 Å². The van der Waals surface area contributed by atoms with Crippen LogP contribution in [0.3, 0.4) is 0 Å². The fourth-order valence-electron chi connectivity index (χ4n) is 0. The summed E-state index contributed by atoms with van der Waals surface area (Å²) in [6, 6.07) is 0. The Balaban J connectivity index is 0. The van der Waals surface area contributed by atoms with E-state index in [0.29, 0.717) is 0 Å². The first-order chi connectivity index (χ1) is 0. The van der Waals surface area contributed by atoms with E-state index in [9.17, 15) is 0 Å². The normalized spacial score (nSPS) is 0. The van der Waals surface area contributed by atoms with Crippen molar-refractivity contribution in [3.63, 3.8) is 0 Å². The Hall–Kier alpha value is 2.72. The molecular formula is H7AlCaFNa. The molecule has 0 rings (SSSR count). The molecule has 0 heterocycles. The predicted molar refractivity (Wildman–Crippen MR) is 28.1 cm³/mol. The van der Waals surface area contributed by atoms with Crippen molar-refractivity contribution < 1.29 is 4.70 Å². The van der Waals surface area contributed by atoms with Crippen LogP contribution in [0.5, 0.6) is 0 Å². The van der Waals surface area contributed by atoms with Crippen molar-refractivity contribution in [2.45, 2.75) is 0 Å². The van der Waals surface area contributed by atoms with Gasteiger partial charge in [0.05, 0.1) is 0 Å². The third-order valence-electron chi connectivity index (χ3n) is 0. The van der Waals surface area contributed by atoms with Crippen molar-refractivity contribution in [3.05, 3.63) is 0 Å². The minimum absolute atomic E-state index is 0. The van der Waals surface area contributed by atoms with Gasteiger partial charge in [0.1, 0.15) is 0 Å². The molecule has 0 atom stereocenters. The molecule has 0 aromatic rings. The topological polar surface area (TPSA) is 0 Å². The molecule has 0 aliphatic carbocycles. The molecule has 0 radical (unpaired) electrons. The molecule has 0 aliphatic heterocycles. The van der Waals surface area contributed by atoms with Crippen LogP contribution in [-0.4, -0.2) is 84.7 Å². The van der Waals surface area contributed by atoms with Gasteiger partial charge in [0.2, 0.25) is 0 Å². The van der Waals surface area contributed by atoms with Gasteiger partial charge in [-0.25, -0.2) is 0 Å². The fourth-order valence-corrected chi connectivity index (χ4v) is 0. The zero-order valence-corrected chi connectivity index (χ0v) is 0.408. The standard InChI is InChI=1S/Al.Ca.FH.Na.6H/h;;1H;;;;;;;. The Morgan fingerprint density at radius 2 is 1.00 bits per heavy atom. The van der Waals surface area contributed by atoms with Crippen LogP contribution in [0.2, 0.25) is 0 Å². The quantitative estimate of drug-likeness (QED) is 0.304. The molecule has 0 saturated carbocycles. The average Bonchev–Trinajstić information content (AvgIpc) is 0. The summed E-state index contributed by atoms with van der Waals surface area (Å²) in [5.41, 5.74) is 0. The van der Waals surface area contributed by atoms with Gasteiger partial charge in [-0.3, -0.25) is 4.70 Å². The summed E-state index contributed by atoms with van der Waals surface area (Å²) in [6.07, 6.45) is 0. The maximum absolute atomic E-state index is 0. The molecule has 0 amide bonds. The summed E-state index contributed by atoms with van der Waals surface area (Å²) < 4.78 is 0. The van der Waals surface area contributed by atoms with Gasteiger partial charge < -0.3 is 0 Å². The SMILES string of the molecule is F.[AlH3].[CaH2].[NaH]. The number of rotatable bonds is 0. The van der Waals surface area contributed by atoms with E-state index >= 15 is 0 Å². The van der Waals surface area contributed by atoms with E-state index < -0.39 is 0 Å². The summed E-state index contributed by atoms with van der Waals surface area (Å²) >= 11 is 0. The first kappa shape index (κ1) is 29.7. The van der Waals surface area contributed by atoms with Crippen molar-refractivity contribution in [1.82, 2.24) is 0 Å².